The van der Waals surface area contributed by atoms with E-state index in [1.165, 1.54) is 30.5 Å². The number of hydrogen-bond acceptors (Lipinski definition) is 4. The Morgan fingerprint density at radius 2 is 2.00 bits per heavy atom. The van der Waals surface area contributed by atoms with Crippen molar-refractivity contribution in [1.82, 2.24) is 4.98 Å². The molecule has 1 aromatic heterocycles. The Hall–Kier alpha value is -3.16. The third-order valence-electron chi connectivity index (χ3n) is 2.48. The zero-order chi connectivity index (χ0) is 15.4. The molecule has 0 radical (unpaired) electrons. The van der Waals surface area contributed by atoms with Crippen molar-refractivity contribution in [2.45, 2.75) is 0 Å². The van der Waals surface area contributed by atoms with Crippen LogP contribution in [0.4, 0.5) is 20.6 Å². The van der Waals surface area contributed by atoms with Crippen LogP contribution < -0.4 is 16.4 Å². The lowest BCUT2D eigenvalue weighted by molar-refractivity contribution is 0.101. The summed E-state index contributed by atoms with van der Waals surface area (Å²) < 4.78 is 13.4. The van der Waals surface area contributed by atoms with Gasteiger partial charge in [-0.05, 0) is 30.3 Å². The van der Waals surface area contributed by atoms with Crippen molar-refractivity contribution in [3.05, 3.63) is 48.0 Å². The van der Waals surface area contributed by atoms with Gasteiger partial charge in [-0.3, -0.25) is 4.79 Å². The van der Waals surface area contributed by atoms with Gasteiger partial charge in [-0.15, -0.1) is 0 Å². The topological polar surface area (TPSA) is 117 Å². The van der Waals surface area contributed by atoms with E-state index >= 15 is 0 Å². The largest absolute Gasteiger partial charge is 0.505 e. The van der Waals surface area contributed by atoms with E-state index in [0.29, 0.717) is 0 Å². The van der Waals surface area contributed by atoms with Crippen molar-refractivity contribution in [3.8, 4) is 5.75 Å². The third kappa shape index (κ3) is 3.44. The van der Waals surface area contributed by atoms with Gasteiger partial charge in [-0.2, -0.15) is 0 Å². The number of nitrogens with one attached hydrogen (secondary N) is 2. The van der Waals surface area contributed by atoms with Crippen LogP contribution in [0.2, 0.25) is 0 Å². The lowest BCUT2D eigenvalue weighted by Crippen LogP contribution is -2.20. The van der Waals surface area contributed by atoms with Gasteiger partial charge in [0.1, 0.15) is 11.6 Å². The summed E-state index contributed by atoms with van der Waals surface area (Å²) in [6.45, 7) is 0. The molecule has 1 aromatic carbocycles. The number of anilines is 2. The summed E-state index contributed by atoms with van der Waals surface area (Å²) in [5.41, 5.74) is 4.76. The summed E-state index contributed by atoms with van der Waals surface area (Å²) >= 11 is 0. The fourth-order valence-electron chi connectivity index (χ4n) is 1.59. The molecule has 0 saturated heterocycles. The van der Waals surface area contributed by atoms with Crippen molar-refractivity contribution in [2.75, 3.05) is 10.6 Å². The van der Waals surface area contributed by atoms with Crippen molar-refractivity contribution < 1.29 is 19.1 Å². The summed E-state index contributed by atoms with van der Waals surface area (Å²) in [5, 5.41) is 14.0. The van der Waals surface area contributed by atoms with Crippen LogP contribution in [0.3, 0.4) is 0 Å². The normalized spacial score (nSPS) is 9.95. The van der Waals surface area contributed by atoms with Gasteiger partial charge >= 0.3 is 6.03 Å². The average molecular weight is 290 g/mol. The van der Waals surface area contributed by atoms with E-state index in [1.54, 1.807) is 0 Å². The number of urea groups is 1. The molecule has 2 aromatic rings. The smallest absolute Gasteiger partial charge is 0.316 e. The number of rotatable bonds is 3. The number of pyridine rings is 1. The van der Waals surface area contributed by atoms with Crippen LogP contribution in [0.25, 0.3) is 0 Å². The molecular formula is C13H11FN4O3. The molecule has 0 atom stereocenters. The van der Waals surface area contributed by atoms with Gasteiger partial charge in [-0.25, -0.2) is 14.2 Å². The third-order valence-corrected chi connectivity index (χ3v) is 2.48. The number of nitrogens with zero attached hydrogens (tertiary/aromatic N) is 1. The minimum Gasteiger partial charge on any atom is -0.505 e. The second-order valence-electron chi connectivity index (χ2n) is 4.01. The van der Waals surface area contributed by atoms with E-state index in [2.05, 4.69) is 15.6 Å². The molecule has 108 valence electrons. The van der Waals surface area contributed by atoms with Crippen LogP contribution in [0, 0.1) is 5.82 Å². The molecule has 2 rings (SSSR count). The first-order valence-electron chi connectivity index (χ1n) is 5.78. The molecule has 21 heavy (non-hydrogen) atoms. The maximum Gasteiger partial charge on any atom is 0.316 e. The Balaban J connectivity index is 2.22. The fraction of sp³-hybridized carbons (Fsp3) is 0. The van der Waals surface area contributed by atoms with Crippen LogP contribution in [0.15, 0.2) is 36.5 Å². The van der Waals surface area contributed by atoms with Crippen molar-refractivity contribution in [1.29, 1.82) is 0 Å². The molecule has 0 saturated carbocycles. The van der Waals surface area contributed by atoms with Gasteiger partial charge in [0, 0.05) is 11.9 Å². The SMILES string of the molecule is NC(=O)Nc1cc(NC(=O)c2ncccc2O)ccc1F. The predicted octanol–water partition coefficient (Wildman–Crippen LogP) is 1.67. The number of nitrogens with two attached hydrogens (primary N) is 1. The Kier molecular flexibility index (Phi) is 3.98. The number of carbonyl (C=O) groups is 2. The van der Waals surface area contributed by atoms with Crippen LogP contribution in [-0.2, 0) is 0 Å². The second-order valence-corrected chi connectivity index (χ2v) is 4.01. The van der Waals surface area contributed by atoms with E-state index in [0.717, 1.165) is 6.07 Å². The van der Waals surface area contributed by atoms with Gasteiger partial charge in [-0.1, -0.05) is 0 Å². The first-order valence-corrected chi connectivity index (χ1v) is 5.78. The lowest BCUT2D eigenvalue weighted by Gasteiger charge is -2.09. The Morgan fingerprint density at radius 3 is 2.67 bits per heavy atom. The van der Waals surface area contributed by atoms with E-state index in [1.807, 2.05) is 0 Å². The summed E-state index contributed by atoms with van der Waals surface area (Å²) in [4.78, 5) is 26.4. The summed E-state index contributed by atoms with van der Waals surface area (Å²) in [7, 11) is 0. The minimum atomic E-state index is -0.931. The average Bonchev–Trinajstić information content (AvgIpc) is 2.42. The first-order chi connectivity index (χ1) is 9.97. The Labute approximate surface area is 118 Å². The summed E-state index contributed by atoms with van der Waals surface area (Å²) in [6, 6.07) is 5.39. The van der Waals surface area contributed by atoms with Crippen LogP contribution in [0.5, 0.6) is 5.75 Å². The highest BCUT2D eigenvalue weighted by Crippen LogP contribution is 2.21. The molecule has 0 aliphatic rings. The number of aromatic nitrogens is 1. The van der Waals surface area contributed by atoms with Gasteiger partial charge in [0.15, 0.2) is 5.69 Å². The van der Waals surface area contributed by atoms with Gasteiger partial charge in [0.25, 0.3) is 5.91 Å². The lowest BCUT2D eigenvalue weighted by atomic mass is 10.2. The fourth-order valence-corrected chi connectivity index (χ4v) is 1.59. The maximum atomic E-state index is 13.4. The monoisotopic (exact) mass is 290 g/mol. The van der Waals surface area contributed by atoms with E-state index in [9.17, 15) is 19.1 Å². The number of benzene rings is 1. The molecule has 0 aliphatic heterocycles. The zero-order valence-electron chi connectivity index (χ0n) is 10.6. The van der Waals surface area contributed by atoms with Crippen molar-refractivity contribution in [3.63, 3.8) is 0 Å². The molecule has 0 unspecified atom stereocenters. The highest BCUT2D eigenvalue weighted by atomic mass is 19.1. The highest BCUT2D eigenvalue weighted by molar-refractivity contribution is 6.05. The molecular weight excluding hydrogens is 279 g/mol. The molecule has 0 spiro atoms. The van der Waals surface area contributed by atoms with Crippen molar-refractivity contribution in [2.24, 2.45) is 5.73 Å². The number of hydrogen-bond donors (Lipinski definition) is 4. The van der Waals surface area contributed by atoms with Gasteiger partial charge in [0.2, 0.25) is 0 Å². The van der Waals surface area contributed by atoms with E-state index in [4.69, 9.17) is 5.73 Å². The second kappa shape index (κ2) is 5.87. The molecule has 0 bridgehead atoms. The maximum absolute atomic E-state index is 13.4. The molecule has 5 N–H and O–H groups in total. The summed E-state index contributed by atoms with van der Waals surface area (Å²) in [5.74, 6) is -1.66. The molecule has 3 amide bonds. The van der Waals surface area contributed by atoms with Crippen LogP contribution >= 0.6 is 0 Å². The Bertz CT molecular complexity index is 706. The summed E-state index contributed by atoms with van der Waals surface area (Å²) in [6.07, 6.45) is 1.35. The quantitative estimate of drug-likeness (QED) is 0.687. The van der Waals surface area contributed by atoms with Gasteiger partial charge < -0.3 is 21.5 Å². The minimum absolute atomic E-state index is 0.175. The zero-order valence-corrected chi connectivity index (χ0v) is 10.6. The predicted molar refractivity (Wildman–Crippen MR) is 73.5 cm³/mol. The molecule has 0 aliphatic carbocycles. The number of aromatic hydroxyl groups is 1. The van der Waals surface area contributed by atoms with Crippen LogP contribution in [-0.4, -0.2) is 22.0 Å². The highest BCUT2D eigenvalue weighted by Gasteiger charge is 2.13. The van der Waals surface area contributed by atoms with Gasteiger partial charge in [0.05, 0.1) is 5.69 Å². The number of amides is 3. The van der Waals surface area contributed by atoms with Crippen molar-refractivity contribution >= 4 is 23.3 Å². The molecule has 8 heteroatoms. The standard InChI is InChI=1S/C13H11FN4O3/c14-8-4-3-7(6-9(8)18-13(15)21)17-12(20)11-10(19)2-1-5-16-11/h1-6,19H,(H,17,20)(H3,15,18,21). The van der Waals surface area contributed by atoms with Crippen LogP contribution in [0.1, 0.15) is 10.5 Å². The number of primary amides is 1. The molecule has 1 heterocycles. The van der Waals surface area contributed by atoms with E-state index in [-0.39, 0.29) is 22.8 Å². The number of carbonyl (C=O) groups excluding carboxylic acids is 2. The van der Waals surface area contributed by atoms with E-state index < -0.39 is 17.8 Å². The Morgan fingerprint density at radius 1 is 1.24 bits per heavy atom. The number of halogens is 1. The molecule has 7 nitrogen and oxygen atoms in total. The molecule has 0 fully saturated rings. The first kappa shape index (κ1) is 14.3.